The third-order valence-electron chi connectivity index (χ3n) is 3.32. The van der Waals surface area contributed by atoms with Gasteiger partial charge in [-0.05, 0) is 48.2 Å². The first-order valence-electron chi connectivity index (χ1n) is 7.89. The number of carbonyl (C=O) groups excluding carboxylic acids is 2. The zero-order chi connectivity index (χ0) is 17.5. The molecule has 3 atom stereocenters. The second-order valence-electron chi connectivity index (χ2n) is 6.80. The van der Waals surface area contributed by atoms with Gasteiger partial charge in [-0.2, -0.15) is 0 Å². The van der Waals surface area contributed by atoms with E-state index in [-0.39, 0.29) is 23.5 Å². The van der Waals surface area contributed by atoms with Gasteiger partial charge in [0.15, 0.2) is 0 Å². The van der Waals surface area contributed by atoms with Crippen LogP contribution in [0.5, 0.6) is 0 Å². The highest BCUT2D eigenvalue weighted by molar-refractivity contribution is 5.90. The first-order valence-corrected chi connectivity index (χ1v) is 7.89. The summed E-state index contributed by atoms with van der Waals surface area (Å²) in [5.41, 5.74) is -0.388. The fraction of sp³-hybridized carbons (Fsp3) is 0.875. The minimum atomic E-state index is -0.712. The Labute approximate surface area is 135 Å². The van der Waals surface area contributed by atoms with Gasteiger partial charge in [-0.3, -0.25) is 14.5 Å². The second kappa shape index (κ2) is 9.10. The lowest BCUT2D eigenvalue weighted by molar-refractivity contribution is -0.138. The smallest absolute Gasteiger partial charge is 0.245 e. The molecule has 0 saturated heterocycles. The lowest BCUT2D eigenvalue weighted by Gasteiger charge is -2.32. The summed E-state index contributed by atoms with van der Waals surface area (Å²) in [6, 6.07) is -0.963. The van der Waals surface area contributed by atoms with E-state index in [1.807, 2.05) is 46.7 Å². The SMILES string of the molecule is CCCC(C(=O)N[C@H](C(=O)NC)[C@@H](C)OC(C)(C)C)N(C)C. The zero-order valence-electron chi connectivity index (χ0n) is 15.3. The summed E-state index contributed by atoms with van der Waals surface area (Å²) in [5, 5.41) is 5.43. The van der Waals surface area contributed by atoms with Crippen LogP contribution in [0.4, 0.5) is 0 Å². The summed E-state index contributed by atoms with van der Waals surface area (Å²) in [6.45, 7) is 9.60. The molecule has 1 unspecified atom stereocenters. The Kier molecular flexibility index (Phi) is 8.63. The topological polar surface area (TPSA) is 70.7 Å². The molecule has 0 aromatic carbocycles. The molecule has 0 fully saturated rings. The Balaban J connectivity index is 5.06. The van der Waals surface area contributed by atoms with Crippen molar-refractivity contribution in [3.8, 4) is 0 Å². The maximum absolute atomic E-state index is 12.5. The van der Waals surface area contributed by atoms with E-state index in [4.69, 9.17) is 4.74 Å². The number of nitrogens with zero attached hydrogens (tertiary/aromatic N) is 1. The molecule has 0 aromatic rings. The van der Waals surface area contributed by atoms with Gasteiger partial charge >= 0.3 is 0 Å². The number of ether oxygens (including phenoxy) is 1. The van der Waals surface area contributed by atoms with Crippen molar-refractivity contribution >= 4 is 11.8 Å². The van der Waals surface area contributed by atoms with Crippen LogP contribution in [0.15, 0.2) is 0 Å². The average molecular weight is 315 g/mol. The van der Waals surface area contributed by atoms with E-state index in [0.29, 0.717) is 0 Å². The largest absolute Gasteiger partial charge is 0.370 e. The molecule has 0 bridgehead atoms. The highest BCUT2D eigenvalue weighted by Gasteiger charge is 2.32. The summed E-state index contributed by atoms with van der Waals surface area (Å²) < 4.78 is 5.83. The van der Waals surface area contributed by atoms with E-state index >= 15 is 0 Å². The molecule has 22 heavy (non-hydrogen) atoms. The number of likely N-dealkylation sites (N-methyl/N-ethyl adjacent to an activating group) is 2. The molecule has 6 heteroatoms. The lowest BCUT2D eigenvalue weighted by atomic mass is 10.1. The van der Waals surface area contributed by atoms with Crippen LogP contribution in [-0.2, 0) is 14.3 Å². The molecule has 0 aliphatic rings. The Morgan fingerprint density at radius 3 is 2.09 bits per heavy atom. The van der Waals surface area contributed by atoms with E-state index in [2.05, 4.69) is 10.6 Å². The van der Waals surface area contributed by atoms with Crippen molar-refractivity contribution in [2.45, 2.75) is 71.2 Å². The molecule has 0 spiro atoms. The van der Waals surface area contributed by atoms with Crippen LogP contribution in [0.3, 0.4) is 0 Å². The molecule has 0 aliphatic heterocycles. The van der Waals surface area contributed by atoms with E-state index in [1.54, 1.807) is 14.0 Å². The molecular weight excluding hydrogens is 282 g/mol. The highest BCUT2D eigenvalue weighted by Crippen LogP contribution is 2.14. The van der Waals surface area contributed by atoms with Crippen LogP contribution < -0.4 is 10.6 Å². The van der Waals surface area contributed by atoms with Crippen LogP contribution >= 0.6 is 0 Å². The van der Waals surface area contributed by atoms with Gasteiger partial charge in [-0.25, -0.2) is 0 Å². The van der Waals surface area contributed by atoms with E-state index in [0.717, 1.165) is 12.8 Å². The van der Waals surface area contributed by atoms with Crippen molar-refractivity contribution in [3.63, 3.8) is 0 Å². The number of hydrogen-bond donors (Lipinski definition) is 2. The van der Waals surface area contributed by atoms with Crippen molar-refractivity contribution < 1.29 is 14.3 Å². The number of hydrogen-bond acceptors (Lipinski definition) is 4. The predicted octanol–water partition coefficient (Wildman–Crippen LogP) is 1.15. The van der Waals surface area contributed by atoms with Crippen molar-refractivity contribution in [2.75, 3.05) is 21.1 Å². The van der Waals surface area contributed by atoms with Gasteiger partial charge in [-0.1, -0.05) is 13.3 Å². The third-order valence-corrected chi connectivity index (χ3v) is 3.32. The van der Waals surface area contributed by atoms with E-state index in [1.165, 1.54) is 0 Å². The third kappa shape index (κ3) is 7.22. The Morgan fingerprint density at radius 2 is 1.73 bits per heavy atom. The summed E-state index contributed by atoms with van der Waals surface area (Å²) >= 11 is 0. The number of amides is 2. The van der Waals surface area contributed by atoms with Crippen molar-refractivity contribution in [3.05, 3.63) is 0 Å². The quantitative estimate of drug-likeness (QED) is 0.705. The zero-order valence-corrected chi connectivity index (χ0v) is 15.3. The van der Waals surface area contributed by atoms with Crippen LogP contribution in [0.25, 0.3) is 0 Å². The molecule has 0 aliphatic carbocycles. The number of rotatable bonds is 8. The first-order chi connectivity index (χ1) is 10.0. The lowest BCUT2D eigenvalue weighted by Crippen LogP contribution is -2.57. The van der Waals surface area contributed by atoms with Crippen LogP contribution in [0.1, 0.15) is 47.5 Å². The van der Waals surface area contributed by atoms with Crippen molar-refractivity contribution in [1.29, 1.82) is 0 Å². The van der Waals surface area contributed by atoms with Gasteiger partial charge < -0.3 is 15.4 Å². The molecule has 0 heterocycles. The molecule has 0 radical (unpaired) electrons. The van der Waals surface area contributed by atoms with Crippen LogP contribution in [0.2, 0.25) is 0 Å². The summed E-state index contributed by atoms with van der Waals surface area (Å²) in [5.74, 6) is -0.399. The van der Waals surface area contributed by atoms with Gasteiger partial charge in [0.25, 0.3) is 0 Å². The molecule has 0 saturated carbocycles. The maximum atomic E-state index is 12.5. The molecule has 130 valence electrons. The fourth-order valence-electron chi connectivity index (χ4n) is 2.32. The number of nitrogens with one attached hydrogen (secondary N) is 2. The summed E-state index contributed by atoms with van der Waals surface area (Å²) in [7, 11) is 5.29. The van der Waals surface area contributed by atoms with Gasteiger partial charge in [0, 0.05) is 7.05 Å². The number of carbonyl (C=O) groups is 2. The van der Waals surface area contributed by atoms with E-state index < -0.39 is 12.1 Å². The average Bonchev–Trinajstić information content (AvgIpc) is 2.38. The predicted molar refractivity (Wildman–Crippen MR) is 88.7 cm³/mol. The van der Waals surface area contributed by atoms with Crippen molar-refractivity contribution in [1.82, 2.24) is 15.5 Å². The van der Waals surface area contributed by atoms with Gasteiger partial charge in [0.05, 0.1) is 17.7 Å². The Bertz CT molecular complexity index is 364. The standard InChI is InChI=1S/C16H33N3O3/c1-9-10-12(19(7)8)14(20)18-13(15(21)17-6)11(2)22-16(3,4)5/h11-13H,9-10H2,1-8H3,(H,17,21)(H,18,20)/t11-,12?,13+/m1/s1. The normalized spacial score (nSPS) is 16.0. The molecule has 2 N–H and O–H groups in total. The molecule has 0 aromatic heterocycles. The van der Waals surface area contributed by atoms with Gasteiger partial charge in [-0.15, -0.1) is 0 Å². The van der Waals surface area contributed by atoms with Crippen LogP contribution in [0, 0.1) is 0 Å². The molecular formula is C16H33N3O3. The summed E-state index contributed by atoms with van der Waals surface area (Å²) in [4.78, 5) is 26.5. The van der Waals surface area contributed by atoms with E-state index in [9.17, 15) is 9.59 Å². The maximum Gasteiger partial charge on any atom is 0.245 e. The molecule has 0 rings (SSSR count). The molecule has 6 nitrogen and oxygen atoms in total. The second-order valence-corrected chi connectivity index (χ2v) is 6.80. The Morgan fingerprint density at radius 1 is 1.18 bits per heavy atom. The van der Waals surface area contributed by atoms with Crippen molar-refractivity contribution in [2.24, 2.45) is 0 Å². The summed E-state index contributed by atoms with van der Waals surface area (Å²) in [6.07, 6.45) is 1.22. The monoisotopic (exact) mass is 315 g/mol. The minimum absolute atomic E-state index is 0.148. The highest BCUT2D eigenvalue weighted by atomic mass is 16.5. The minimum Gasteiger partial charge on any atom is -0.370 e. The Hall–Kier alpha value is -1.14. The fourth-order valence-corrected chi connectivity index (χ4v) is 2.32. The van der Waals surface area contributed by atoms with Gasteiger partial charge in [0.1, 0.15) is 6.04 Å². The molecule has 2 amide bonds. The van der Waals surface area contributed by atoms with Gasteiger partial charge in [0.2, 0.25) is 11.8 Å². The first kappa shape index (κ1) is 20.9. The van der Waals surface area contributed by atoms with Crippen LogP contribution in [-0.4, -0.2) is 61.6 Å².